The number of benzene rings is 2. The Labute approximate surface area is 148 Å². The summed E-state index contributed by atoms with van der Waals surface area (Å²) in [5.41, 5.74) is 1.55. The third-order valence-electron chi connectivity index (χ3n) is 3.77. The molecule has 5 heteroatoms. The minimum absolute atomic E-state index is 0.0369. The first-order chi connectivity index (χ1) is 12.2. The summed E-state index contributed by atoms with van der Waals surface area (Å²) in [4.78, 5) is 12.3. The highest BCUT2D eigenvalue weighted by Gasteiger charge is 2.15. The zero-order valence-corrected chi connectivity index (χ0v) is 14.5. The van der Waals surface area contributed by atoms with Crippen LogP contribution in [0.5, 0.6) is 11.5 Å². The second kappa shape index (κ2) is 9.33. The molecular weight excluding hydrogens is 316 g/mol. The Hall–Kier alpha value is -3.00. The van der Waals surface area contributed by atoms with Crippen LogP contribution in [0, 0.1) is 11.3 Å². The Morgan fingerprint density at radius 3 is 2.60 bits per heavy atom. The number of nitrogens with one attached hydrogen (secondary N) is 1. The summed E-state index contributed by atoms with van der Waals surface area (Å²) < 4.78 is 10.8. The molecule has 0 saturated heterocycles. The van der Waals surface area contributed by atoms with Crippen LogP contribution in [0.1, 0.15) is 36.9 Å². The van der Waals surface area contributed by atoms with Crippen LogP contribution in [0.2, 0.25) is 0 Å². The minimum atomic E-state index is -0.200. The van der Waals surface area contributed by atoms with Crippen molar-refractivity contribution >= 4 is 5.91 Å². The normalized spacial score (nSPS) is 11.2. The van der Waals surface area contributed by atoms with Gasteiger partial charge in [0.2, 0.25) is 0 Å². The molecule has 1 amide bonds. The zero-order chi connectivity index (χ0) is 18.1. The van der Waals surface area contributed by atoms with E-state index >= 15 is 0 Å². The van der Waals surface area contributed by atoms with E-state index in [0.717, 1.165) is 18.4 Å². The van der Waals surface area contributed by atoms with E-state index in [4.69, 9.17) is 14.7 Å². The van der Waals surface area contributed by atoms with E-state index in [1.807, 2.05) is 36.4 Å². The summed E-state index contributed by atoms with van der Waals surface area (Å²) in [6.45, 7) is 1.97. The first-order valence-electron chi connectivity index (χ1n) is 8.23. The first kappa shape index (κ1) is 18.3. The lowest BCUT2D eigenvalue weighted by Crippen LogP contribution is -2.32. The number of methoxy groups -OCH3 is 1. The van der Waals surface area contributed by atoms with E-state index in [1.165, 1.54) is 7.11 Å². The van der Waals surface area contributed by atoms with Gasteiger partial charge < -0.3 is 14.8 Å². The van der Waals surface area contributed by atoms with Crippen molar-refractivity contribution in [1.82, 2.24) is 5.32 Å². The molecule has 0 bridgehead atoms. The molecule has 0 aromatic heterocycles. The van der Waals surface area contributed by atoms with Crippen LogP contribution in [0.15, 0.2) is 48.5 Å². The number of carbonyl (C=O) groups is 1. The maximum Gasteiger partial charge on any atom is 0.258 e. The number of amides is 1. The first-order valence-corrected chi connectivity index (χ1v) is 8.23. The Bertz CT molecular complexity index is 738. The lowest BCUT2D eigenvalue weighted by Gasteiger charge is -2.19. The van der Waals surface area contributed by atoms with Crippen molar-refractivity contribution in [3.8, 4) is 17.6 Å². The number of rotatable bonds is 8. The summed E-state index contributed by atoms with van der Waals surface area (Å²) >= 11 is 0. The van der Waals surface area contributed by atoms with Gasteiger partial charge in [0.1, 0.15) is 0 Å². The molecule has 25 heavy (non-hydrogen) atoms. The molecule has 2 rings (SSSR count). The quantitative estimate of drug-likeness (QED) is 0.798. The second-order valence-corrected chi connectivity index (χ2v) is 5.59. The molecule has 2 aromatic rings. The highest BCUT2D eigenvalue weighted by atomic mass is 16.5. The zero-order valence-electron chi connectivity index (χ0n) is 14.5. The monoisotopic (exact) mass is 338 g/mol. The van der Waals surface area contributed by atoms with Gasteiger partial charge in [-0.25, -0.2) is 0 Å². The van der Waals surface area contributed by atoms with E-state index < -0.39 is 0 Å². The van der Waals surface area contributed by atoms with Crippen LogP contribution in [-0.2, 0) is 4.79 Å². The average Bonchev–Trinajstić information content (AvgIpc) is 2.66. The van der Waals surface area contributed by atoms with Gasteiger partial charge in [0.05, 0.1) is 24.8 Å². The molecule has 0 fully saturated rings. The third-order valence-corrected chi connectivity index (χ3v) is 3.77. The van der Waals surface area contributed by atoms with Crippen molar-refractivity contribution in [2.45, 2.75) is 25.8 Å². The van der Waals surface area contributed by atoms with Gasteiger partial charge in [-0.15, -0.1) is 0 Å². The van der Waals surface area contributed by atoms with Crippen molar-refractivity contribution < 1.29 is 14.3 Å². The molecule has 1 atom stereocenters. The van der Waals surface area contributed by atoms with E-state index in [1.54, 1.807) is 18.2 Å². The predicted octanol–water partition coefficient (Wildman–Crippen LogP) is 3.60. The maximum atomic E-state index is 12.3. The number of ether oxygens (including phenoxy) is 2. The van der Waals surface area contributed by atoms with E-state index in [9.17, 15) is 4.79 Å². The molecule has 0 heterocycles. The molecule has 0 radical (unpaired) electrons. The van der Waals surface area contributed by atoms with Gasteiger partial charge in [-0.3, -0.25) is 4.79 Å². The molecule has 0 aliphatic rings. The number of hydrogen-bond donors (Lipinski definition) is 1. The summed E-state index contributed by atoms with van der Waals surface area (Å²) in [6, 6.07) is 16.7. The number of nitrogens with zero attached hydrogens (tertiary/aromatic N) is 1. The fourth-order valence-electron chi connectivity index (χ4n) is 2.53. The second-order valence-electron chi connectivity index (χ2n) is 5.59. The standard InChI is InChI=1S/C20H22N2O3/c1-3-7-17(16-8-5-4-6-9-16)22-20(23)14-25-18-11-10-15(13-21)12-19(18)24-2/h4-6,8-12,17H,3,7,14H2,1-2H3,(H,22,23). The molecule has 0 aliphatic carbocycles. The molecular formula is C20H22N2O3. The number of carbonyl (C=O) groups excluding carboxylic acids is 1. The van der Waals surface area contributed by atoms with Crippen molar-refractivity contribution in [3.63, 3.8) is 0 Å². The predicted molar refractivity (Wildman–Crippen MR) is 95.4 cm³/mol. The van der Waals surface area contributed by atoms with Crippen molar-refractivity contribution in [2.24, 2.45) is 0 Å². The Kier molecular flexibility index (Phi) is 6.85. The molecule has 5 nitrogen and oxygen atoms in total. The lowest BCUT2D eigenvalue weighted by molar-refractivity contribution is -0.123. The van der Waals surface area contributed by atoms with Crippen LogP contribution in [0.3, 0.4) is 0 Å². The summed E-state index contributed by atoms with van der Waals surface area (Å²) in [5, 5.41) is 11.9. The Morgan fingerprint density at radius 2 is 1.96 bits per heavy atom. The van der Waals surface area contributed by atoms with Crippen LogP contribution >= 0.6 is 0 Å². The van der Waals surface area contributed by atoms with Crippen LogP contribution in [-0.4, -0.2) is 19.6 Å². The Balaban J connectivity index is 1.99. The largest absolute Gasteiger partial charge is 0.493 e. The highest BCUT2D eigenvalue weighted by molar-refractivity contribution is 5.78. The SMILES string of the molecule is CCCC(NC(=O)COc1ccc(C#N)cc1OC)c1ccccc1. The fourth-order valence-corrected chi connectivity index (χ4v) is 2.53. The minimum Gasteiger partial charge on any atom is -0.493 e. The van der Waals surface area contributed by atoms with Gasteiger partial charge in [-0.1, -0.05) is 43.7 Å². The lowest BCUT2D eigenvalue weighted by atomic mass is 10.0. The number of nitriles is 1. The molecule has 0 saturated carbocycles. The molecule has 0 spiro atoms. The van der Waals surface area contributed by atoms with Gasteiger partial charge in [-0.2, -0.15) is 5.26 Å². The van der Waals surface area contributed by atoms with Gasteiger partial charge >= 0.3 is 0 Å². The van der Waals surface area contributed by atoms with Crippen LogP contribution < -0.4 is 14.8 Å². The molecule has 1 unspecified atom stereocenters. The smallest absolute Gasteiger partial charge is 0.258 e. The van der Waals surface area contributed by atoms with Gasteiger partial charge in [0.25, 0.3) is 5.91 Å². The van der Waals surface area contributed by atoms with Gasteiger partial charge in [-0.05, 0) is 24.1 Å². The third kappa shape index (κ3) is 5.25. The van der Waals surface area contributed by atoms with Gasteiger partial charge in [0, 0.05) is 6.07 Å². The summed E-state index contributed by atoms with van der Waals surface area (Å²) in [7, 11) is 1.50. The summed E-state index contributed by atoms with van der Waals surface area (Å²) in [5.74, 6) is 0.664. The fraction of sp³-hybridized carbons (Fsp3) is 0.300. The Morgan fingerprint density at radius 1 is 1.20 bits per heavy atom. The number of hydrogen-bond acceptors (Lipinski definition) is 4. The topological polar surface area (TPSA) is 71.3 Å². The average molecular weight is 338 g/mol. The van der Waals surface area contributed by atoms with E-state index in [2.05, 4.69) is 12.2 Å². The summed E-state index contributed by atoms with van der Waals surface area (Å²) in [6.07, 6.45) is 1.82. The molecule has 0 aliphatic heterocycles. The van der Waals surface area contributed by atoms with E-state index in [-0.39, 0.29) is 18.6 Å². The molecule has 1 N–H and O–H groups in total. The van der Waals surface area contributed by atoms with Crippen LogP contribution in [0.25, 0.3) is 0 Å². The van der Waals surface area contributed by atoms with Crippen molar-refractivity contribution in [1.29, 1.82) is 5.26 Å². The van der Waals surface area contributed by atoms with Crippen LogP contribution in [0.4, 0.5) is 0 Å². The van der Waals surface area contributed by atoms with Crippen molar-refractivity contribution in [3.05, 3.63) is 59.7 Å². The van der Waals surface area contributed by atoms with E-state index in [0.29, 0.717) is 17.1 Å². The van der Waals surface area contributed by atoms with Crippen molar-refractivity contribution in [2.75, 3.05) is 13.7 Å². The molecule has 2 aromatic carbocycles. The molecule has 130 valence electrons. The maximum absolute atomic E-state index is 12.3. The van der Waals surface area contributed by atoms with Gasteiger partial charge in [0.15, 0.2) is 18.1 Å². The highest BCUT2D eigenvalue weighted by Crippen LogP contribution is 2.27.